The summed E-state index contributed by atoms with van der Waals surface area (Å²) >= 11 is 0. The predicted octanol–water partition coefficient (Wildman–Crippen LogP) is 5.60. The SMILES string of the molecule is CC.CC.CC.CN1CCC2CCCCCC2C1. The zero-order valence-electron chi connectivity index (χ0n) is 14.3. The van der Waals surface area contributed by atoms with E-state index in [2.05, 4.69) is 11.9 Å². The van der Waals surface area contributed by atoms with E-state index in [9.17, 15) is 0 Å². The Hall–Kier alpha value is -0.0400. The Balaban J connectivity index is 0. The molecule has 0 radical (unpaired) electrons. The van der Waals surface area contributed by atoms with Gasteiger partial charge in [0.1, 0.15) is 0 Å². The molecule has 1 nitrogen and oxygen atoms in total. The first-order valence-corrected chi connectivity index (χ1v) is 8.55. The summed E-state index contributed by atoms with van der Waals surface area (Å²) in [6.07, 6.45) is 9.01. The molecule has 0 bridgehead atoms. The summed E-state index contributed by atoms with van der Waals surface area (Å²) in [5.41, 5.74) is 0. The van der Waals surface area contributed by atoms with Crippen LogP contribution in [0.3, 0.4) is 0 Å². The number of hydrogen-bond acceptors (Lipinski definition) is 1. The van der Waals surface area contributed by atoms with Crippen molar-refractivity contribution in [2.45, 2.75) is 80.1 Å². The van der Waals surface area contributed by atoms with Gasteiger partial charge in [-0.2, -0.15) is 0 Å². The third-order valence-electron chi connectivity index (χ3n) is 3.74. The molecule has 0 aromatic carbocycles. The van der Waals surface area contributed by atoms with Gasteiger partial charge in [0, 0.05) is 6.54 Å². The number of rotatable bonds is 0. The fourth-order valence-electron chi connectivity index (χ4n) is 2.96. The lowest BCUT2D eigenvalue weighted by molar-refractivity contribution is 0.136. The van der Waals surface area contributed by atoms with Crippen LogP contribution in [0, 0.1) is 11.8 Å². The largest absolute Gasteiger partial charge is 0.306 e. The highest BCUT2D eigenvalue weighted by molar-refractivity contribution is 4.80. The van der Waals surface area contributed by atoms with Gasteiger partial charge in [-0.05, 0) is 38.3 Å². The van der Waals surface area contributed by atoms with Crippen LogP contribution < -0.4 is 0 Å². The summed E-state index contributed by atoms with van der Waals surface area (Å²) in [7, 11) is 2.28. The van der Waals surface area contributed by atoms with Crippen LogP contribution in [-0.2, 0) is 0 Å². The Bertz CT molecular complexity index is 145. The van der Waals surface area contributed by atoms with Gasteiger partial charge in [0.25, 0.3) is 0 Å². The molecule has 1 saturated heterocycles. The van der Waals surface area contributed by atoms with Crippen molar-refractivity contribution in [1.82, 2.24) is 4.90 Å². The van der Waals surface area contributed by atoms with Crippen molar-refractivity contribution >= 4 is 0 Å². The average molecular weight is 258 g/mol. The van der Waals surface area contributed by atoms with Crippen LogP contribution in [-0.4, -0.2) is 25.0 Å². The van der Waals surface area contributed by atoms with Gasteiger partial charge in [0.15, 0.2) is 0 Å². The molecule has 112 valence electrons. The lowest BCUT2D eigenvalue weighted by Gasteiger charge is -2.35. The van der Waals surface area contributed by atoms with Crippen LogP contribution >= 0.6 is 0 Å². The molecule has 1 aliphatic carbocycles. The fraction of sp³-hybridized carbons (Fsp3) is 1.00. The Morgan fingerprint density at radius 1 is 0.667 bits per heavy atom. The monoisotopic (exact) mass is 257 g/mol. The third-order valence-corrected chi connectivity index (χ3v) is 3.74. The predicted molar refractivity (Wildman–Crippen MR) is 86.2 cm³/mol. The second-order valence-corrected chi connectivity index (χ2v) is 4.71. The molecule has 18 heavy (non-hydrogen) atoms. The lowest BCUT2D eigenvalue weighted by Crippen LogP contribution is -2.37. The Kier molecular flexibility index (Phi) is 16.9. The van der Waals surface area contributed by atoms with Crippen LogP contribution in [0.15, 0.2) is 0 Å². The standard InChI is InChI=1S/C11H21N.3C2H6/c1-12-8-7-10-5-3-2-4-6-11(10)9-12;3*1-2/h10-11H,2-9H2,1H3;3*1-2H3. The molecule has 0 aromatic heterocycles. The van der Waals surface area contributed by atoms with E-state index in [1.54, 1.807) is 0 Å². The zero-order chi connectivity index (χ0) is 14.4. The maximum Gasteiger partial charge on any atom is 0.000926 e. The highest BCUT2D eigenvalue weighted by atomic mass is 15.1. The van der Waals surface area contributed by atoms with Gasteiger partial charge in [0.05, 0.1) is 0 Å². The summed E-state index contributed by atoms with van der Waals surface area (Å²) in [6, 6.07) is 0. The minimum atomic E-state index is 1.05. The molecule has 0 amide bonds. The van der Waals surface area contributed by atoms with E-state index in [1.165, 1.54) is 51.6 Å². The van der Waals surface area contributed by atoms with E-state index in [-0.39, 0.29) is 0 Å². The van der Waals surface area contributed by atoms with Crippen LogP contribution in [0.25, 0.3) is 0 Å². The first-order chi connectivity index (χ1) is 8.86. The number of fused-ring (bicyclic) bond motifs is 1. The molecule has 2 unspecified atom stereocenters. The van der Waals surface area contributed by atoms with E-state index in [1.807, 2.05) is 41.5 Å². The first-order valence-electron chi connectivity index (χ1n) is 8.55. The molecular weight excluding hydrogens is 218 g/mol. The van der Waals surface area contributed by atoms with Crippen LogP contribution in [0.2, 0.25) is 0 Å². The number of likely N-dealkylation sites (tertiary alicyclic amines) is 1. The van der Waals surface area contributed by atoms with Crippen LogP contribution in [0.1, 0.15) is 80.1 Å². The average Bonchev–Trinajstić information content (AvgIpc) is 2.70. The topological polar surface area (TPSA) is 3.24 Å². The van der Waals surface area contributed by atoms with Gasteiger partial charge in [-0.1, -0.05) is 67.2 Å². The third kappa shape index (κ3) is 8.13. The normalized spacial score (nSPS) is 26.8. The van der Waals surface area contributed by atoms with Crippen LogP contribution in [0.5, 0.6) is 0 Å². The molecule has 2 aliphatic rings. The van der Waals surface area contributed by atoms with E-state index >= 15 is 0 Å². The van der Waals surface area contributed by atoms with E-state index in [0.29, 0.717) is 0 Å². The molecule has 1 heteroatoms. The van der Waals surface area contributed by atoms with Crippen molar-refractivity contribution in [3.05, 3.63) is 0 Å². The highest BCUT2D eigenvalue weighted by Gasteiger charge is 2.28. The quantitative estimate of drug-likeness (QED) is 0.546. The highest BCUT2D eigenvalue weighted by Crippen LogP contribution is 2.34. The molecule has 1 heterocycles. The van der Waals surface area contributed by atoms with Crippen molar-refractivity contribution in [3.63, 3.8) is 0 Å². The molecule has 0 N–H and O–H groups in total. The summed E-state index contributed by atoms with van der Waals surface area (Å²) < 4.78 is 0. The van der Waals surface area contributed by atoms with E-state index < -0.39 is 0 Å². The van der Waals surface area contributed by atoms with Crippen molar-refractivity contribution < 1.29 is 0 Å². The number of nitrogens with zero attached hydrogens (tertiary/aromatic N) is 1. The van der Waals surface area contributed by atoms with E-state index in [0.717, 1.165) is 11.8 Å². The molecule has 2 rings (SSSR count). The maximum absolute atomic E-state index is 2.52. The molecule has 1 aliphatic heterocycles. The van der Waals surface area contributed by atoms with Gasteiger partial charge < -0.3 is 4.90 Å². The van der Waals surface area contributed by atoms with Crippen molar-refractivity contribution in [1.29, 1.82) is 0 Å². The van der Waals surface area contributed by atoms with Crippen molar-refractivity contribution in [2.24, 2.45) is 11.8 Å². The minimum Gasteiger partial charge on any atom is -0.306 e. The lowest BCUT2D eigenvalue weighted by atomic mass is 9.82. The van der Waals surface area contributed by atoms with Gasteiger partial charge in [-0.15, -0.1) is 0 Å². The molecule has 2 atom stereocenters. The molecule has 0 spiro atoms. The second kappa shape index (κ2) is 15.0. The fourth-order valence-corrected chi connectivity index (χ4v) is 2.96. The smallest absolute Gasteiger partial charge is 0.000926 e. The summed E-state index contributed by atoms with van der Waals surface area (Å²) in [4.78, 5) is 2.52. The van der Waals surface area contributed by atoms with Gasteiger partial charge in [-0.25, -0.2) is 0 Å². The minimum absolute atomic E-state index is 1.05. The van der Waals surface area contributed by atoms with Gasteiger partial charge in [0.2, 0.25) is 0 Å². The Morgan fingerprint density at radius 3 is 1.72 bits per heavy atom. The Morgan fingerprint density at radius 2 is 1.17 bits per heavy atom. The number of piperidine rings is 1. The van der Waals surface area contributed by atoms with Gasteiger partial charge >= 0.3 is 0 Å². The van der Waals surface area contributed by atoms with E-state index in [4.69, 9.17) is 0 Å². The molecular formula is C17H39N. The summed E-state index contributed by atoms with van der Waals surface area (Å²) in [6.45, 7) is 14.7. The first kappa shape index (κ1) is 20.3. The molecule has 2 fully saturated rings. The van der Waals surface area contributed by atoms with Crippen LogP contribution in [0.4, 0.5) is 0 Å². The van der Waals surface area contributed by atoms with Gasteiger partial charge in [-0.3, -0.25) is 0 Å². The molecule has 0 aromatic rings. The van der Waals surface area contributed by atoms with Crippen molar-refractivity contribution in [3.8, 4) is 0 Å². The second-order valence-electron chi connectivity index (χ2n) is 4.71. The number of hydrogen-bond donors (Lipinski definition) is 0. The van der Waals surface area contributed by atoms with Crippen molar-refractivity contribution in [2.75, 3.05) is 20.1 Å². The summed E-state index contributed by atoms with van der Waals surface area (Å²) in [5, 5.41) is 0. The maximum atomic E-state index is 2.52. The Labute approximate surface area is 117 Å². The zero-order valence-corrected chi connectivity index (χ0v) is 14.3. The summed E-state index contributed by atoms with van der Waals surface area (Å²) in [5.74, 6) is 2.13. The molecule has 1 saturated carbocycles.